The van der Waals surface area contributed by atoms with Gasteiger partial charge >= 0.3 is 11.7 Å². The smallest absolute Gasteiger partial charge is 0.325 e. The molecule has 1 aromatic rings. The van der Waals surface area contributed by atoms with E-state index in [9.17, 15) is 19.2 Å². The van der Waals surface area contributed by atoms with Crippen LogP contribution in [0.25, 0.3) is 0 Å². The number of H-pyrrole nitrogens is 2. The maximum Gasteiger partial charge on any atom is 0.325 e. The minimum Gasteiger partial charge on any atom is -0.481 e. The molecule has 106 valence electrons. The molecule has 0 aliphatic carbocycles. The van der Waals surface area contributed by atoms with E-state index in [0.717, 1.165) is 12.6 Å². The number of amides is 1. The summed E-state index contributed by atoms with van der Waals surface area (Å²) in [6, 6.07) is -0.503. The molecule has 1 amide bonds. The molecule has 2 aliphatic rings. The SMILES string of the molecule is O=C(O)C1CC2CCC1N2C(=O)c1c[nH]c(=O)[nH]c1=O. The number of fused-ring (bicyclic) bond motifs is 2. The quantitative estimate of drug-likeness (QED) is 0.650. The van der Waals surface area contributed by atoms with E-state index < -0.39 is 29.0 Å². The fourth-order valence-corrected chi connectivity index (χ4v) is 3.28. The summed E-state index contributed by atoms with van der Waals surface area (Å²) in [5.41, 5.74) is -1.59. The predicted octanol–water partition coefficient (Wildman–Crippen LogP) is -0.859. The number of aromatic nitrogens is 2. The zero-order chi connectivity index (χ0) is 14.4. The van der Waals surface area contributed by atoms with Crippen LogP contribution < -0.4 is 11.2 Å². The Morgan fingerprint density at radius 3 is 2.65 bits per heavy atom. The second kappa shape index (κ2) is 4.32. The molecule has 3 atom stereocenters. The molecule has 2 bridgehead atoms. The van der Waals surface area contributed by atoms with Crippen LogP contribution in [0.1, 0.15) is 29.6 Å². The molecule has 8 heteroatoms. The lowest BCUT2D eigenvalue weighted by Crippen LogP contribution is -2.41. The predicted molar refractivity (Wildman–Crippen MR) is 66.4 cm³/mol. The van der Waals surface area contributed by atoms with Gasteiger partial charge in [0.25, 0.3) is 11.5 Å². The summed E-state index contributed by atoms with van der Waals surface area (Å²) in [5, 5.41) is 9.14. The van der Waals surface area contributed by atoms with Gasteiger partial charge in [-0.05, 0) is 19.3 Å². The number of carboxylic acids is 1. The molecule has 0 aromatic carbocycles. The maximum atomic E-state index is 12.4. The second-order valence-electron chi connectivity index (χ2n) is 5.18. The first-order valence-corrected chi connectivity index (χ1v) is 6.36. The highest BCUT2D eigenvalue weighted by atomic mass is 16.4. The van der Waals surface area contributed by atoms with Crippen molar-refractivity contribution in [2.45, 2.75) is 31.3 Å². The van der Waals surface area contributed by atoms with E-state index in [1.807, 2.05) is 4.98 Å². The highest BCUT2D eigenvalue weighted by Gasteiger charge is 2.51. The van der Waals surface area contributed by atoms with Gasteiger partial charge in [0.2, 0.25) is 0 Å². The highest BCUT2D eigenvalue weighted by Crippen LogP contribution is 2.42. The van der Waals surface area contributed by atoms with Crippen molar-refractivity contribution in [3.63, 3.8) is 0 Å². The number of aromatic amines is 2. The summed E-state index contributed by atoms with van der Waals surface area (Å²) in [6.45, 7) is 0. The van der Waals surface area contributed by atoms with Crippen molar-refractivity contribution < 1.29 is 14.7 Å². The molecular weight excluding hydrogens is 266 g/mol. The van der Waals surface area contributed by atoms with E-state index in [2.05, 4.69) is 4.98 Å². The minimum absolute atomic E-state index is 0.139. The van der Waals surface area contributed by atoms with Gasteiger partial charge in [0.05, 0.1) is 5.92 Å². The van der Waals surface area contributed by atoms with Gasteiger partial charge in [-0.25, -0.2) is 4.79 Å². The number of nitrogens with one attached hydrogen (secondary N) is 2. The van der Waals surface area contributed by atoms with Gasteiger partial charge < -0.3 is 15.0 Å². The molecule has 0 radical (unpaired) electrons. The van der Waals surface area contributed by atoms with Crippen molar-refractivity contribution in [1.29, 1.82) is 0 Å². The Balaban J connectivity index is 1.94. The van der Waals surface area contributed by atoms with Gasteiger partial charge in [0, 0.05) is 18.3 Å². The Kier molecular flexibility index (Phi) is 2.73. The Hall–Kier alpha value is -2.38. The molecule has 2 saturated heterocycles. The number of hydrogen-bond donors (Lipinski definition) is 3. The molecule has 2 fully saturated rings. The zero-order valence-electron chi connectivity index (χ0n) is 10.5. The third-order valence-electron chi connectivity index (χ3n) is 4.14. The summed E-state index contributed by atoms with van der Waals surface area (Å²) < 4.78 is 0. The summed E-state index contributed by atoms with van der Waals surface area (Å²) in [6.07, 6.45) is 2.89. The summed E-state index contributed by atoms with van der Waals surface area (Å²) in [4.78, 5) is 51.9. The molecule has 8 nitrogen and oxygen atoms in total. The van der Waals surface area contributed by atoms with Gasteiger partial charge in [-0.3, -0.25) is 19.4 Å². The molecule has 0 saturated carbocycles. The van der Waals surface area contributed by atoms with Crippen molar-refractivity contribution in [3.8, 4) is 0 Å². The molecule has 3 N–H and O–H groups in total. The lowest BCUT2D eigenvalue weighted by Gasteiger charge is -2.22. The van der Waals surface area contributed by atoms with Crippen LogP contribution in [0.5, 0.6) is 0 Å². The van der Waals surface area contributed by atoms with Crippen molar-refractivity contribution in [3.05, 3.63) is 32.6 Å². The summed E-state index contributed by atoms with van der Waals surface area (Å²) in [5.74, 6) is -2.00. The molecule has 20 heavy (non-hydrogen) atoms. The van der Waals surface area contributed by atoms with E-state index >= 15 is 0 Å². The Bertz CT molecular complexity index is 691. The van der Waals surface area contributed by atoms with E-state index in [-0.39, 0.29) is 17.6 Å². The first-order chi connectivity index (χ1) is 9.49. The van der Waals surface area contributed by atoms with Crippen molar-refractivity contribution in [2.24, 2.45) is 5.92 Å². The van der Waals surface area contributed by atoms with Crippen molar-refractivity contribution >= 4 is 11.9 Å². The van der Waals surface area contributed by atoms with Gasteiger partial charge in [-0.15, -0.1) is 0 Å². The number of carbonyl (C=O) groups excluding carboxylic acids is 1. The average molecular weight is 279 g/mol. The van der Waals surface area contributed by atoms with Gasteiger partial charge in [-0.2, -0.15) is 0 Å². The minimum atomic E-state index is -0.912. The van der Waals surface area contributed by atoms with Gasteiger partial charge in [0.15, 0.2) is 0 Å². The lowest BCUT2D eigenvalue weighted by atomic mass is 9.89. The topological polar surface area (TPSA) is 123 Å². The van der Waals surface area contributed by atoms with Gasteiger partial charge in [-0.1, -0.05) is 0 Å². The van der Waals surface area contributed by atoms with Crippen LogP contribution in [-0.4, -0.2) is 43.9 Å². The first kappa shape index (κ1) is 12.6. The third-order valence-corrected chi connectivity index (χ3v) is 4.14. The van der Waals surface area contributed by atoms with Crippen LogP contribution in [0, 0.1) is 5.92 Å². The number of carbonyl (C=O) groups is 2. The highest BCUT2D eigenvalue weighted by molar-refractivity contribution is 5.95. The fourth-order valence-electron chi connectivity index (χ4n) is 3.28. The largest absolute Gasteiger partial charge is 0.481 e. The Morgan fingerprint density at radius 2 is 2.05 bits per heavy atom. The van der Waals surface area contributed by atoms with E-state index in [0.29, 0.717) is 12.8 Å². The van der Waals surface area contributed by atoms with Crippen LogP contribution in [0.3, 0.4) is 0 Å². The van der Waals surface area contributed by atoms with E-state index in [1.54, 1.807) is 0 Å². The standard InChI is InChI=1S/C12H13N3O5/c16-9-7(4-13-12(20)14-9)10(17)15-5-1-2-8(15)6(3-5)11(18)19/h4-6,8H,1-3H2,(H,18,19)(H2,13,14,16,20). The monoisotopic (exact) mass is 279 g/mol. The van der Waals surface area contributed by atoms with Gasteiger partial charge in [0.1, 0.15) is 5.56 Å². The second-order valence-corrected chi connectivity index (χ2v) is 5.18. The third kappa shape index (κ3) is 1.75. The van der Waals surface area contributed by atoms with Crippen molar-refractivity contribution in [2.75, 3.05) is 0 Å². The maximum absolute atomic E-state index is 12.4. The zero-order valence-corrected chi connectivity index (χ0v) is 10.5. The number of rotatable bonds is 2. The summed E-state index contributed by atoms with van der Waals surface area (Å²) >= 11 is 0. The Morgan fingerprint density at radius 1 is 1.30 bits per heavy atom. The first-order valence-electron chi connectivity index (χ1n) is 6.36. The van der Waals surface area contributed by atoms with Crippen LogP contribution in [0.4, 0.5) is 0 Å². The van der Waals surface area contributed by atoms with Crippen molar-refractivity contribution in [1.82, 2.24) is 14.9 Å². The number of hydrogen-bond acceptors (Lipinski definition) is 4. The number of carboxylic acid groups (broad SMARTS) is 1. The van der Waals surface area contributed by atoms with E-state index in [4.69, 9.17) is 5.11 Å². The molecule has 2 aliphatic heterocycles. The molecule has 3 rings (SSSR count). The fraction of sp³-hybridized carbons (Fsp3) is 0.500. The number of nitrogens with zero attached hydrogens (tertiary/aromatic N) is 1. The molecular formula is C12H13N3O5. The van der Waals surface area contributed by atoms with Crippen LogP contribution in [-0.2, 0) is 4.79 Å². The van der Waals surface area contributed by atoms with Crippen LogP contribution >= 0.6 is 0 Å². The average Bonchev–Trinajstić information content (AvgIpc) is 2.95. The molecule has 0 spiro atoms. The molecule has 3 heterocycles. The Labute approximate surface area is 112 Å². The summed E-state index contributed by atoms with van der Waals surface area (Å²) in [7, 11) is 0. The van der Waals surface area contributed by atoms with Crippen LogP contribution in [0.2, 0.25) is 0 Å². The lowest BCUT2D eigenvalue weighted by molar-refractivity contribution is -0.142. The van der Waals surface area contributed by atoms with Crippen LogP contribution in [0.15, 0.2) is 15.8 Å². The van der Waals surface area contributed by atoms with E-state index in [1.165, 1.54) is 4.90 Å². The number of aliphatic carboxylic acids is 1. The molecule has 1 aromatic heterocycles. The normalized spacial score (nSPS) is 27.8. The molecule has 3 unspecified atom stereocenters.